The quantitative estimate of drug-likeness (QED) is 0.677. The molecule has 1 rings (SSSR count). The maximum atomic E-state index is 12.0. The zero-order valence-electron chi connectivity index (χ0n) is 10.4. The van der Waals surface area contributed by atoms with Crippen LogP contribution in [0, 0.1) is 0 Å². The van der Waals surface area contributed by atoms with E-state index in [1.807, 2.05) is 0 Å². The molecule has 0 aromatic carbocycles. The van der Waals surface area contributed by atoms with Crippen molar-refractivity contribution in [2.24, 2.45) is 0 Å². The minimum Gasteiger partial charge on any atom is -0.479 e. The third-order valence-corrected chi connectivity index (χ3v) is 5.41. The van der Waals surface area contributed by atoms with Gasteiger partial charge in [0.2, 0.25) is 0 Å². The molecular formula is C11H11Br2NO5S. The summed E-state index contributed by atoms with van der Waals surface area (Å²) in [6.45, 7) is 2.79. The van der Waals surface area contributed by atoms with Crippen LogP contribution in [-0.2, 0) is 9.53 Å². The van der Waals surface area contributed by atoms with Crippen LogP contribution in [0.4, 0.5) is 0 Å². The molecule has 1 aromatic heterocycles. The first kappa shape index (κ1) is 17.2. The molecule has 2 N–H and O–H groups in total. The lowest BCUT2D eigenvalue weighted by Gasteiger charge is -2.08. The van der Waals surface area contributed by atoms with Gasteiger partial charge in [-0.1, -0.05) is 6.58 Å². The number of esters is 1. The molecule has 0 unspecified atom stereocenters. The molecule has 0 aliphatic rings. The van der Waals surface area contributed by atoms with Crippen LogP contribution in [0.3, 0.4) is 0 Å². The molecule has 0 atom stereocenters. The number of ether oxygens (including phenoxy) is 2. The van der Waals surface area contributed by atoms with Gasteiger partial charge in [0.1, 0.15) is 4.88 Å². The van der Waals surface area contributed by atoms with Gasteiger partial charge in [0.05, 0.1) is 22.0 Å². The smallest absolute Gasteiger partial charge is 0.343 e. The number of hydrogen-bond donors (Lipinski definition) is 2. The molecule has 0 saturated carbocycles. The van der Waals surface area contributed by atoms with Gasteiger partial charge >= 0.3 is 5.97 Å². The number of aliphatic hydroxyl groups excluding tert-OH is 1. The van der Waals surface area contributed by atoms with Crippen LogP contribution in [0.25, 0.3) is 0 Å². The van der Waals surface area contributed by atoms with E-state index < -0.39 is 11.9 Å². The van der Waals surface area contributed by atoms with Crippen LogP contribution in [0.2, 0.25) is 0 Å². The summed E-state index contributed by atoms with van der Waals surface area (Å²) in [6, 6.07) is 0. The summed E-state index contributed by atoms with van der Waals surface area (Å²) in [4.78, 5) is 23.3. The predicted octanol–water partition coefficient (Wildman–Crippen LogP) is 2.06. The van der Waals surface area contributed by atoms with Gasteiger partial charge in [0, 0.05) is 5.70 Å². The van der Waals surface area contributed by atoms with Crippen molar-refractivity contribution in [2.75, 3.05) is 20.3 Å². The summed E-state index contributed by atoms with van der Waals surface area (Å²) < 4.78 is 10.9. The minimum absolute atomic E-state index is 0.162. The number of hydrogen-bond acceptors (Lipinski definition) is 6. The number of methoxy groups -OCH3 is 1. The number of rotatable bonds is 6. The monoisotopic (exact) mass is 427 g/mol. The number of nitrogens with one attached hydrogen (secondary N) is 1. The molecule has 9 heteroatoms. The third-order valence-electron chi connectivity index (χ3n) is 2.02. The molecule has 0 radical (unpaired) electrons. The van der Waals surface area contributed by atoms with E-state index in [1.165, 1.54) is 7.11 Å². The van der Waals surface area contributed by atoms with Gasteiger partial charge in [-0.25, -0.2) is 4.79 Å². The van der Waals surface area contributed by atoms with Crippen molar-refractivity contribution in [1.29, 1.82) is 0 Å². The highest BCUT2D eigenvalue weighted by atomic mass is 79.9. The van der Waals surface area contributed by atoms with Crippen molar-refractivity contribution in [3.63, 3.8) is 0 Å². The zero-order chi connectivity index (χ0) is 15.3. The molecule has 6 nitrogen and oxygen atoms in total. The van der Waals surface area contributed by atoms with E-state index in [9.17, 15) is 9.59 Å². The van der Waals surface area contributed by atoms with Gasteiger partial charge in [-0.05, 0) is 31.9 Å². The number of halogens is 2. The molecule has 1 amide bonds. The molecule has 0 aliphatic carbocycles. The second-order valence-corrected chi connectivity index (χ2v) is 6.56. The van der Waals surface area contributed by atoms with E-state index in [1.54, 1.807) is 0 Å². The molecule has 1 heterocycles. The fraction of sp³-hybridized carbons (Fsp3) is 0.273. The average Bonchev–Trinajstić information content (AvgIpc) is 2.72. The number of carbonyl (C=O) groups excluding carboxylic acids is 2. The summed E-state index contributed by atoms with van der Waals surface area (Å²) in [5.41, 5.74) is 0.162. The van der Waals surface area contributed by atoms with E-state index in [-0.39, 0.29) is 29.5 Å². The molecule has 1 aromatic rings. The van der Waals surface area contributed by atoms with Gasteiger partial charge in [-0.15, -0.1) is 11.3 Å². The Morgan fingerprint density at radius 2 is 2.10 bits per heavy atom. The molecule has 0 saturated heterocycles. The number of amides is 1. The first-order valence-electron chi connectivity index (χ1n) is 5.18. The second-order valence-electron chi connectivity index (χ2n) is 3.43. The predicted molar refractivity (Wildman–Crippen MR) is 80.9 cm³/mol. The van der Waals surface area contributed by atoms with Crippen LogP contribution < -0.4 is 10.1 Å². The topological polar surface area (TPSA) is 84.9 Å². The number of aliphatic hydroxyl groups is 1. The van der Waals surface area contributed by atoms with E-state index >= 15 is 0 Å². The summed E-state index contributed by atoms with van der Waals surface area (Å²) in [5, 5.41) is 11.3. The molecule has 0 aliphatic heterocycles. The van der Waals surface area contributed by atoms with Gasteiger partial charge in [0.25, 0.3) is 5.91 Å². The van der Waals surface area contributed by atoms with Crippen molar-refractivity contribution >= 4 is 55.1 Å². The highest BCUT2D eigenvalue weighted by Gasteiger charge is 2.23. The Labute approximate surface area is 136 Å². The zero-order valence-corrected chi connectivity index (χ0v) is 14.4. The fourth-order valence-electron chi connectivity index (χ4n) is 1.09. The van der Waals surface area contributed by atoms with Crippen LogP contribution >= 0.6 is 43.2 Å². The number of thiophene rings is 1. The molecule has 20 heavy (non-hydrogen) atoms. The number of carbonyl (C=O) groups is 2. The third kappa shape index (κ3) is 4.30. The van der Waals surface area contributed by atoms with Crippen LogP contribution in [0.15, 0.2) is 20.5 Å². The first-order chi connectivity index (χ1) is 9.40. The lowest BCUT2D eigenvalue weighted by molar-refractivity contribution is -0.142. The van der Waals surface area contributed by atoms with Crippen LogP contribution in [0.1, 0.15) is 9.67 Å². The van der Waals surface area contributed by atoms with Gasteiger partial charge in [0.15, 0.2) is 12.4 Å². The molecule has 0 spiro atoms. The summed E-state index contributed by atoms with van der Waals surface area (Å²) in [6.07, 6.45) is 0. The van der Waals surface area contributed by atoms with Crippen molar-refractivity contribution in [1.82, 2.24) is 5.32 Å². The maximum absolute atomic E-state index is 12.0. The van der Waals surface area contributed by atoms with Gasteiger partial charge in [-0.2, -0.15) is 0 Å². The maximum Gasteiger partial charge on any atom is 0.343 e. The van der Waals surface area contributed by atoms with Crippen molar-refractivity contribution in [3.8, 4) is 5.75 Å². The largest absolute Gasteiger partial charge is 0.479 e. The Balaban J connectivity index is 2.95. The van der Waals surface area contributed by atoms with Gasteiger partial charge in [-0.3, -0.25) is 4.79 Å². The van der Waals surface area contributed by atoms with E-state index in [4.69, 9.17) is 9.84 Å². The van der Waals surface area contributed by atoms with Crippen LogP contribution in [0.5, 0.6) is 5.75 Å². The fourth-order valence-corrected chi connectivity index (χ4v) is 3.21. The lowest BCUT2D eigenvalue weighted by atomic mass is 10.4. The molecule has 110 valence electrons. The van der Waals surface area contributed by atoms with Crippen LogP contribution in [-0.4, -0.2) is 37.3 Å². The standard InChI is InChI=1S/C11H11Br2NO5S/c1-5(3-15)14-11(17)9-8(7(12)10(13)20-9)19-4-6(16)18-2/h15H,1,3-4H2,2H3,(H,14,17). The normalized spacial score (nSPS) is 10.0. The van der Waals surface area contributed by atoms with E-state index in [0.717, 1.165) is 11.3 Å². The van der Waals surface area contributed by atoms with Crippen molar-refractivity contribution in [3.05, 3.63) is 25.4 Å². The Hall–Kier alpha value is -0.900. The highest BCUT2D eigenvalue weighted by Crippen LogP contribution is 2.43. The summed E-state index contributed by atoms with van der Waals surface area (Å²) in [5.74, 6) is -0.832. The van der Waals surface area contributed by atoms with Crippen molar-refractivity contribution in [2.45, 2.75) is 0 Å². The minimum atomic E-state index is -0.564. The Morgan fingerprint density at radius 1 is 1.45 bits per heavy atom. The van der Waals surface area contributed by atoms with Gasteiger partial charge < -0.3 is 19.9 Å². The first-order valence-corrected chi connectivity index (χ1v) is 7.58. The Bertz CT molecular complexity index is 543. The van der Waals surface area contributed by atoms with Crippen molar-refractivity contribution < 1.29 is 24.2 Å². The van der Waals surface area contributed by atoms with E-state index in [2.05, 4.69) is 48.5 Å². The summed E-state index contributed by atoms with van der Waals surface area (Å²) >= 11 is 7.64. The lowest BCUT2D eigenvalue weighted by Crippen LogP contribution is -2.24. The average molecular weight is 429 g/mol. The molecule has 0 fully saturated rings. The Morgan fingerprint density at radius 3 is 2.65 bits per heavy atom. The SMILES string of the molecule is C=C(CO)NC(=O)c1sc(Br)c(Br)c1OCC(=O)OC. The highest BCUT2D eigenvalue weighted by molar-refractivity contribution is 9.13. The second kappa shape index (κ2) is 7.77. The van der Waals surface area contributed by atoms with E-state index in [0.29, 0.717) is 8.26 Å². The molecule has 0 bridgehead atoms. The summed E-state index contributed by atoms with van der Waals surface area (Å²) in [7, 11) is 1.24. The Kier molecular flexibility index (Phi) is 6.66. The molecular weight excluding hydrogens is 418 g/mol.